The quantitative estimate of drug-likeness (QED) is 0.183. The number of hydrogen-bond acceptors (Lipinski definition) is 4. The fourth-order valence-electron chi connectivity index (χ4n) is 7.25. The van der Waals surface area contributed by atoms with Gasteiger partial charge in [-0.2, -0.15) is 0 Å². The molecule has 51 heavy (non-hydrogen) atoms. The highest BCUT2D eigenvalue weighted by atomic mass is 32.1. The molecule has 2 aromatic heterocycles. The molecular formula is C47H29N3S. The SMILES string of the molecule is c1ccc(-c2cccc(-c3nc(-c4cccc5c(-c6ccc7ccccc7c6)cccc45)nc(-c4cccc5c4sc4ccccc45)n3)c2)cc1. The molecule has 8 aromatic carbocycles. The summed E-state index contributed by atoms with van der Waals surface area (Å²) in [6.45, 7) is 0. The Morgan fingerprint density at radius 1 is 0.314 bits per heavy atom. The zero-order valence-corrected chi connectivity index (χ0v) is 28.3. The fraction of sp³-hybridized carbons (Fsp3) is 0. The predicted octanol–water partition coefficient (Wildman–Crippen LogP) is 12.9. The van der Waals surface area contributed by atoms with Crippen LogP contribution in [0.5, 0.6) is 0 Å². The second kappa shape index (κ2) is 12.1. The Bertz CT molecular complexity index is 2930. The summed E-state index contributed by atoms with van der Waals surface area (Å²) >= 11 is 1.79. The maximum absolute atomic E-state index is 5.28. The van der Waals surface area contributed by atoms with Crippen LogP contribution in [0.3, 0.4) is 0 Å². The minimum Gasteiger partial charge on any atom is -0.208 e. The van der Waals surface area contributed by atoms with E-state index >= 15 is 0 Å². The first kappa shape index (κ1) is 29.4. The van der Waals surface area contributed by atoms with Crippen LogP contribution in [-0.2, 0) is 0 Å². The molecule has 0 saturated heterocycles. The van der Waals surface area contributed by atoms with Crippen LogP contribution in [0.15, 0.2) is 176 Å². The van der Waals surface area contributed by atoms with Crippen LogP contribution >= 0.6 is 11.3 Å². The van der Waals surface area contributed by atoms with Gasteiger partial charge in [0.2, 0.25) is 0 Å². The van der Waals surface area contributed by atoms with Gasteiger partial charge in [0.25, 0.3) is 0 Å². The third kappa shape index (κ3) is 5.16. The molecular weight excluding hydrogens is 639 g/mol. The summed E-state index contributed by atoms with van der Waals surface area (Å²) in [5, 5.41) is 7.18. The lowest BCUT2D eigenvalue weighted by Gasteiger charge is -2.13. The van der Waals surface area contributed by atoms with E-state index in [4.69, 9.17) is 15.0 Å². The van der Waals surface area contributed by atoms with Crippen LogP contribution < -0.4 is 0 Å². The number of benzene rings is 8. The first-order valence-electron chi connectivity index (χ1n) is 17.1. The van der Waals surface area contributed by atoms with Crippen LogP contribution in [0.1, 0.15) is 0 Å². The maximum atomic E-state index is 5.28. The Kier molecular flexibility index (Phi) is 7.00. The highest BCUT2D eigenvalue weighted by molar-refractivity contribution is 7.26. The van der Waals surface area contributed by atoms with Crippen molar-refractivity contribution in [2.45, 2.75) is 0 Å². The van der Waals surface area contributed by atoms with Gasteiger partial charge in [-0.1, -0.05) is 152 Å². The lowest BCUT2D eigenvalue weighted by atomic mass is 9.94. The summed E-state index contributed by atoms with van der Waals surface area (Å²) in [4.78, 5) is 15.7. The Labute approximate surface area is 299 Å². The monoisotopic (exact) mass is 667 g/mol. The minimum absolute atomic E-state index is 0.647. The zero-order valence-electron chi connectivity index (χ0n) is 27.5. The van der Waals surface area contributed by atoms with E-state index in [1.165, 1.54) is 42.1 Å². The first-order chi connectivity index (χ1) is 25.3. The number of thiophene rings is 1. The Balaban J connectivity index is 1.20. The summed E-state index contributed by atoms with van der Waals surface area (Å²) in [6, 6.07) is 62.2. The second-order valence-electron chi connectivity index (χ2n) is 12.8. The average Bonchev–Trinajstić information content (AvgIpc) is 3.59. The van der Waals surface area contributed by atoms with Crippen molar-refractivity contribution in [3.63, 3.8) is 0 Å². The second-order valence-corrected chi connectivity index (χ2v) is 13.9. The summed E-state index contributed by atoms with van der Waals surface area (Å²) in [5.74, 6) is 1.97. The maximum Gasteiger partial charge on any atom is 0.165 e. The molecule has 0 spiro atoms. The van der Waals surface area contributed by atoms with E-state index in [1.54, 1.807) is 11.3 Å². The van der Waals surface area contributed by atoms with Gasteiger partial charge in [0, 0.05) is 36.9 Å². The van der Waals surface area contributed by atoms with Gasteiger partial charge in [0.15, 0.2) is 17.5 Å². The average molecular weight is 668 g/mol. The van der Waals surface area contributed by atoms with Gasteiger partial charge in [0.1, 0.15) is 0 Å². The molecule has 0 N–H and O–H groups in total. The summed E-state index contributed by atoms with van der Waals surface area (Å²) < 4.78 is 2.43. The molecule has 0 unspecified atom stereocenters. The van der Waals surface area contributed by atoms with Crippen molar-refractivity contribution in [3.8, 4) is 56.4 Å². The third-order valence-corrected chi connectivity index (χ3v) is 11.0. The topological polar surface area (TPSA) is 38.7 Å². The van der Waals surface area contributed by atoms with Gasteiger partial charge < -0.3 is 0 Å². The highest BCUT2D eigenvalue weighted by Gasteiger charge is 2.18. The highest BCUT2D eigenvalue weighted by Crippen LogP contribution is 2.41. The number of aromatic nitrogens is 3. The fourth-order valence-corrected chi connectivity index (χ4v) is 8.46. The van der Waals surface area contributed by atoms with Gasteiger partial charge >= 0.3 is 0 Å². The molecule has 2 heterocycles. The Hall–Kier alpha value is -6.49. The van der Waals surface area contributed by atoms with Crippen LogP contribution in [0.2, 0.25) is 0 Å². The van der Waals surface area contributed by atoms with E-state index in [9.17, 15) is 0 Å². The summed E-state index contributed by atoms with van der Waals surface area (Å²) in [5.41, 5.74) is 7.56. The van der Waals surface area contributed by atoms with Crippen molar-refractivity contribution in [3.05, 3.63) is 176 Å². The van der Waals surface area contributed by atoms with Crippen molar-refractivity contribution >= 4 is 53.1 Å². The van der Waals surface area contributed by atoms with Gasteiger partial charge in [-0.3, -0.25) is 0 Å². The molecule has 0 fully saturated rings. The predicted molar refractivity (Wildman–Crippen MR) is 215 cm³/mol. The largest absolute Gasteiger partial charge is 0.208 e. The molecule has 0 saturated carbocycles. The van der Waals surface area contributed by atoms with Crippen molar-refractivity contribution in [1.82, 2.24) is 15.0 Å². The molecule has 0 atom stereocenters. The molecule has 4 heteroatoms. The van der Waals surface area contributed by atoms with E-state index < -0.39 is 0 Å². The molecule has 238 valence electrons. The molecule has 3 nitrogen and oxygen atoms in total. The van der Waals surface area contributed by atoms with E-state index in [1.807, 2.05) is 6.07 Å². The van der Waals surface area contributed by atoms with E-state index in [0.29, 0.717) is 17.5 Å². The molecule has 0 bridgehead atoms. The van der Waals surface area contributed by atoms with Crippen molar-refractivity contribution in [2.24, 2.45) is 0 Å². The third-order valence-electron chi connectivity index (χ3n) is 9.73. The Morgan fingerprint density at radius 2 is 0.902 bits per heavy atom. The first-order valence-corrected chi connectivity index (χ1v) is 17.9. The number of fused-ring (bicyclic) bond motifs is 5. The standard InChI is InChI=1S/C47H29N3S/c1-2-12-30(13-3-1)33-16-8-17-35(29-33)45-48-46(50-47(49-45)42-24-11-22-40-39-18-6-7-25-43(39)51-44(40)42)41-23-10-20-37-36(19-9-21-38(37)41)34-27-26-31-14-4-5-15-32(31)28-34/h1-29H. The molecule has 0 radical (unpaired) electrons. The molecule has 0 aliphatic rings. The van der Waals surface area contributed by atoms with E-state index in [-0.39, 0.29) is 0 Å². The van der Waals surface area contributed by atoms with Gasteiger partial charge in [-0.15, -0.1) is 11.3 Å². The molecule has 10 rings (SSSR count). The normalized spacial score (nSPS) is 11.5. The van der Waals surface area contributed by atoms with Crippen molar-refractivity contribution in [1.29, 1.82) is 0 Å². The lowest BCUT2D eigenvalue weighted by Crippen LogP contribution is -2.01. The lowest BCUT2D eigenvalue weighted by molar-refractivity contribution is 1.08. The van der Waals surface area contributed by atoms with Gasteiger partial charge in [-0.05, 0) is 68.1 Å². The van der Waals surface area contributed by atoms with Crippen LogP contribution in [0.4, 0.5) is 0 Å². The number of hydrogen-bond donors (Lipinski definition) is 0. The zero-order chi connectivity index (χ0) is 33.7. The van der Waals surface area contributed by atoms with Crippen molar-refractivity contribution in [2.75, 3.05) is 0 Å². The smallest absolute Gasteiger partial charge is 0.165 e. The molecule has 0 aliphatic heterocycles. The summed E-state index contributed by atoms with van der Waals surface area (Å²) in [6.07, 6.45) is 0. The summed E-state index contributed by atoms with van der Waals surface area (Å²) in [7, 11) is 0. The van der Waals surface area contributed by atoms with Crippen molar-refractivity contribution < 1.29 is 0 Å². The molecule has 0 amide bonds. The minimum atomic E-state index is 0.647. The Morgan fingerprint density at radius 3 is 1.76 bits per heavy atom. The van der Waals surface area contributed by atoms with Gasteiger partial charge in [0.05, 0.1) is 0 Å². The van der Waals surface area contributed by atoms with Crippen LogP contribution in [0.25, 0.3) is 98.1 Å². The number of nitrogens with zero attached hydrogens (tertiary/aromatic N) is 3. The number of rotatable bonds is 5. The van der Waals surface area contributed by atoms with Crippen LogP contribution in [0, 0.1) is 0 Å². The van der Waals surface area contributed by atoms with Crippen LogP contribution in [-0.4, -0.2) is 15.0 Å². The molecule has 0 aliphatic carbocycles. The van der Waals surface area contributed by atoms with E-state index in [0.717, 1.165) is 38.6 Å². The van der Waals surface area contributed by atoms with Gasteiger partial charge in [-0.25, -0.2) is 15.0 Å². The van der Waals surface area contributed by atoms with E-state index in [2.05, 4.69) is 170 Å². The molecule has 10 aromatic rings.